The Bertz CT molecular complexity index is 1480. The standard InChI is InChI=1S/C32H39F3N4O4/c1-31(2,3)43-30(40)38(5)11-12-42-22-9-7-20(8-10-22)26-14-28(23-13-25(33)29(41-6)15-27(23)36-26)39-17-21-16-37(4)19-32(34,35)24(21)18-39/h7-10,13-15,21,24H,11-12,16-19H2,1-6H3. The van der Waals surface area contributed by atoms with Crippen molar-refractivity contribution in [1.82, 2.24) is 14.8 Å². The van der Waals surface area contributed by atoms with E-state index in [1.807, 2.05) is 43.9 Å². The maximum atomic E-state index is 15.0. The van der Waals surface area contributed by atoms with Crippen LogP contribution in [0.1, 0.15) is 20.8 Å². The second-order valence-corrected chi connectivity index (χ2v) is 12.5. The van der Waals surface area contributed by atoms with Crippen LogP contribution in [0.25, 0.3) is 22.2 Å². The van der Waals surface area contributed by atoms with Crippen LogP contribution in [0.15, 0.2) is 42.5 Å². The summed E-state index contributed by atoms with van der Waals surface area (Å²) < 4.78 is 61.3. The highest BCUT2D eigenvalue weighted by atomic mass is 19.3. The number of aromatic nitrogens is 1. The molecule has 11 heteroatoms. The van der Waals surface area contributed by atoms with Crippen LogP contribution in [0.3, 0.4) is 0 Å². The summed E-state index contributed by atoms with van der Waals surface area (Å²) in [6.45, 7) is 7.01. The Labute approximate surface area is 250 Å². The summed E-state index contributed by atoms with van der Waals surface area (Å²) in [6.07, 6.45) is -0.422. The number of piperidine rings is 1. The van der Waals surface area contributed by atoms with E-state index in [4.69, 9.17) is 19.2 Å². The van der Waals surface area contributed by atoms with E-state index in [9.17, 15) is 9.18 Å². The third-order valence-electron chi connectivity index (χ3n) is 7.96. The number of carbonyl (C=O) groups is 1. The summed E-state index contributed by atoms with van der Waals surface area (Å²) in [7, 11) is 4.77. The highest BCUT2D eigenvalue weighted by molar-refractivity contribution is 5.95. The minimum Gasteiger partial charge on any atom is -0.494 e. The quantitative estimate of drug-likeness (QED) is 0.333. The highest BCUT2D eigenvalue weighted by Crippen LogP contribution is 2.44. The van der Waals surface area contributed by atoms with Gasteiger partial charge in [-0.05, 0) is 70.1 Å². The van der Waals surface area contributed by atoms with Crippen LogP contribution in [-0.4, -0.2) is 92.9 Å². The zero-order chi connectivity index (χ0) is 31.1. The number of hydrogen-bond acceptors (Lipinski definition) is 7. The first kappa shape index (κ1) is 30.7. The molecule has 0 radical (unpaired) electrons. The van der Waals surface area contributed by atoms with E-state index in [1.165, 1.54) is 18.1 Å². The topological polar surface area (TPSA) is 67.4 Å². The second-order valence-electron chi connectivity index (χ2n) is 12.5. The van der Waals surface area contributed by atoms with Crippen molar-refractivity contribution in [2.45, 2.75) is 32.3 Å². The van der Waals surface area contributed by atoms with E-state index in [-0.39, 0.29) is 31.4 Å². The highest BCUT2D eigenvalue weighted by Gasteiger charge is 2.53. The van der Waals surface area contributed by atoms with Crippen LogP contribution in [-0.2, 0) is 4.74 Å². The first-order valence-corrected chi connectivity index (χ1v) is 14.4. The average Bonchev–Trinajstić information content (AvgIpc) is 3.36. The fourth-order valence-electron chi connectivity index (χ4n) is 5.90. The van der Waals surface area contributed by atoms with Crippen molar-refractivity contribution < 1.29 is 32.2 Å². The maximum Gasteiger partial charge on any atom is 0.410 e. The zero-order valence-corrected chi connectivity index (χ0v) is 25.5. The molecule has 2 aliphatic rings. The average molecular weight is 601 g/mol. The maximum absolute atomic E-state index is 15.0. The van der Waals surface area contributed by atoms with Crippen molar-refractivity contribution in [3.8, 4) is 22.8 Å². The molecule has 2 unspecified atom stereocenters. The number of alkyl halides is 2. The number of likely N-dealkylation sites (tertiary alicyclic amines) is 1. The van der Waals surface area contributed by atoms with Gasteiger partial charge in [-0.25, -0.2) is 22.9 Å². The van der Waals surface area contributed by atoms with Crippen LogP contribution >= 0.6 is 0 Å². The number of methoxy groups -OCH3 is 1. The molecule has 2 saturated heterocycles. The van der Waals surface area contributed by atoms with Gasteiger partial charge in [-0.3, -0.25) is 0 Å². The van der Waals surface area contributed by atoms with Crippen molar-refractivity contribution in [2.24, 2.45) is 11.8 Å². The first-order chi connectivity index (χ1) is 20.2. The molecule has 2 aromatic carbocycles. The fourth-order valence-corrected chi connectivity index (χ4v) is 5.90. The SMILES string of the molecule is COc1cc2nc(-c3ccc(OCCN(C)C(=O)OC(C)(C)C)cc3)cc(N3CC4CN(C)CC(F)(F)C4C3)c2cc1F. The van der Waals surface area contributed by atoms with Crippen molar-refractivity contribution in [1.29, 1.82) is 0 Å². The number of carbonyl (C=O) groups excluding carboxylic acids is 1. The molecular formula is C32H39F3N4O4. The molecule has 0 spiro atoms. The number of halogens is 3. The molecule has 232 valence electrons. The van der Waals surface area contributed by atoms with Gasteiger partial charge in [-0.2, -0.15) is 0 Å². The number of rotatable bonds is 7. The molecule has 8 nitrogen and oxygen atoms in total. The van der Waals surface area contributed by atoms with Gasteiger partial charge in [-0.15, -0.1) is 0 Å². The number of likely N-dealkylation sites (N-methyl/N-ethyl adjacent to an activating group) is 1. The molecule has 2 fully saturated rings. The Morgan fingerprint density at radius 1 is 1.12 bits per heavy atom. The third-order valence-corrected chi connectivity index (χ3v) is 7.96. The third kappa shape index (κ3) is 6.76. The summed E-state index contributed by atoms with van der Waals surface area (Å²) in [6, 6.07) is 12.1. The number of nitrogens with zero attached hydrogens (tertiary/aromatic N) is 4. The lowest BCUT2D eigenvalue weighted by atomic mass is 9.86. The van der Waals surface area contributed by atoms with E-state index >= 15 is 8.78 Å². The number of fused-ring (bicyclic) bond motifs is 2. The molecule has 0 bridgehead atoms. The lowest BCUT2D eigenvalue weighted by Gasteiger charge is -2.37. The van der Waals surface area contributed by atoms with Gasteiger partial charge < -0.3 is 28.9 Å². The van der Waals surface area contributed by atoms with E-state index in [0.29, 0.717) is 47.7 Å². The van der Waals surface area contributed by atoms with Gasteiger partial charge in [-0.1, -0.05) is 0 Å². The number of benzene rings is 2. The van der Waals surface area contributed by atoms with Gasteiger partial charge in [0, 0.05) is 55.3 Å². The van der Waals surface area contributed by atoms with Gasteiger partial charge in [0.2, 0.25) is 0 Å². The smallest absolute Gasteiger partial charge is 0.410 e. The predicted molar refractivity (Wildman–Crippen MR) is 160 cm³/mol. The van der Waals surface area contributed by atoms with Crippen LogP contribution in [0.4, 0.5) is 23.7 Å². The lowest BCUT2D eigenvalue weighted by molar-refractivity contribution is -0.114. The minimum atomic E-state index is -2.80. The Morgan fingerprint density at radius 3 is 2.51 bits per heavy atom. The molecule has 0 aliphatic carbocycles. The summed E-state index contributed by atoms with van der Waals surface area (Å²) >= 11 is 0. The summed E-state index contributed by atoms with van der Waals surface area (Å²) in [5.74, 6) is -3.64. The first-order valence-electron chi connectivity index (χ1n) is 14.4. The Morgan fingerprint density at radius 2 is 1.84 bits per heavy atom. The monoisotopic (exact) mass is 600 g/mol. The van der Waals surface area contributed by atoms with Crippen molar-refractivity contribution in [3.05, 3.63) is 48.3 Å². The number of ether oxygens (including phenoxy) is 3. The van der Waals surface area contributed by atoms with E-state index in [2.05, 4.69) is 0 Å². The van der Waals surface area contributed by atoms with Crippen LogP contribution in [0.2, 0.25) is 0 Å². The van der Waals surface area contributed by atoms with Gasteiger partial charge in [0.1, 0.15) is 18.0 Å². The predicted octanol–water partition coefficient (Wildman–Crippen LogP) is 5.93. The molecule has 43 heavy (non-hydrogen) atoms. The molecular weight excluding hydrogens is 561 g/mol. The van der Waals surface area contributed by atoms with Crippen LogP contribution in [0.5, 0.6) is 11.5 Å². The molecule has 3 aromatic rings. The van der Waals surface area contributed by atoms with Crippen molar-refractivity contribution in [2.75, 3.05) is 65.4 Å². The van der Waals surface area contributed by atoms with Crippen LogP contribution in [0, 0.1) is 17.7 Å². The molecule has 0 N–H and O–H groups in total. The van der Waals surface area contributed by atoms with E-state index in [1.54, 1.807) is 37.2 Å². The molecule has 2 aliphatic heterocycles. The minimum absolute atomic E-state index is 0.0615. The van der Waals surface area contributed by atoms with E-state index < -0.39 is 29.4 Å². The Balaban J connectivity index is 1.38. The molecule has 1 amide bonds. The summed E-state index contributed by atoms with van der Waals surface area (Å²) in [4.78, 5) is 22.0. The number of anilines is 1. The largest absolute Gasteiger partial charge is 0.494 e. The Kier molecular flexibility index (Phi) is 8.39. The van der Waals surface area contributed by atoms with Gasteiger partial charge in [0.25, 0.3) is 5.92 Å². The van der Waals surface area contributed by atoms with Gasteiger partial charge >= 0.3 is 6.09 Å². The normalized spacial score (nSPS) is 20.2. The molecule has 0 saturated carbocycles. The van der Waals surface area contributed by atoms with Gasteiger partial charge in [0.05, 0.1) is 31.4 Å². The van der Waals surface area contributed by atoms with Crippen molar-refractivity contribution >= 4 is 22.7 Å². The zero-order valence-electron chi connectivity index (χ0n) is 25.5. The fraction of sp³-hybridized carbons (Fsp3) is 0.500. The number of amides is 1. The number of hydrogen-bond donors (Lipinski definition) is 0. The lowest BCUT2D eigenvalue weighted by Crippen LogP contribution is -2.51. The summed E-state index contributed by atoms with van der Waals surface area (Å²) in [5, 5.41) is 0.548. The molecule has 1 aromatic heterocycles. The van der Waals surface area contributed by atoms with Crippen molar-refractivity contribution in [3.63, 3.8) is 0 Å². The Hall–Kier alpha value is -3.73. The molecule has 2 atom stereocenters. The van der Waals surface area contributed by atoms with Crippen LogP contribution < -0.4 is 14.4 Å². The molecule has 3 heterocycles. The number of pyridine rings is 1. The van der Waals surface area contributed by atoms with Gasteiger partial charge in [0.15, 0.2) is 11.6 Å². The summed E-state index contributed by atoms with van der Waals surface area (Å²) in [5.41, 5.74) is 2.00. The molecule has 5 rings (SSSR count). The second kappa shape index (κ2) is 11.7. The van der Waals surface area contributed by atoms with E-state index in [0.717, 1.165) is 5.56 Å².